The van der Waals surface area contributed by atoms with Gasteiger partial charge < -0.3 is 9.63 Å². The molecule has 0 spiro atoms. The summed E-state index contributed by atoms with van der Waals surface area (Å²) in [6.45, 7) is 3.76. The van der Waals surface area contributed by atoms with Crippen molar-refractivity contribution >= 4 is 6.08 Å². The van der Waals surface area contributed by atoms with Crippen molar-refractivity contribution in [2.24, 2.45) is 0 Å². The smallest absolute Gasteiger partial charge is 0.141 e. The quantitative estimate of drug-likeness (QED) is 0.696. The molecule has 0 bridgehead atoms. The second-order valence-electron chi connectivity index (χ2n) is 2.32. The number of rotatable bonds is 2. The van der Waals surface area contributed by atoms with Crippen molar-refractivity contribution in [3.63, 3.8) is 0 Å². The van der Waals surface area contributed by atoms with Gasteiger partial charge in [0.2, 0.25) is 0 Å². The van der Waals surface area contributed by atoms with Gasteiger partial charge in [-0.3, -0.25) is 0 Å². The van der Waals surface area contributed by atoms with Crippen LogP contribution in [0, 0.1) is 13.8 Å². The van der Waals surface area contributed by atoms with Crippen molar-refractivity contribution in [3.05, 3.63) is 23.1 Å². The molecule has 0 aliphatic carbocycles. The van der Waals surface area contributed by atoms with E-state index in [1.54, 1.807) is 12.2 Å². The first-order chi connectivity index (χ1) is 5.25. The second kappa shape index (κ2) is 3.34. The van der Waals surface area contributed by atoms with E-state index < -0.39 is 0 Å². The van der Waals surface area contributed by atoms with Gasteiger partial charge in [0, 0.05) is 5.56 Å². The first-order valence-corrected chi connectivity index (χ1v) is 3.46. The third-order valence-corrected chi connectivity index (χ3v) is 1.48. The number of aliphatic hydroxyl groups excluding tert-OH is 1. The summed E-state index contributed by atoms with van der Waals surface area (Å²) in [6, 6.07) is 0. The van der Waals surface area contributed by atoms with Gasteiger partial charge in [0.05, 0.1) is 12.3 Å². The number of hydrogen-bond acceptors (Lipinski definition) is 3. The minimum Gasteiger partial charge on any atom is -0.392 e. The van der Waals surface area contributed by atoms with E-state index in [-0.39, 0.29) is 6.61 Å². The van der Waals surface area contributed by atoms with Crippen LogP contribution in [0.2, 0.25) is 0 Å². The fraction of sp³-hybridized carbons (Fsp3) is 0.375. The van der Waals surface area contributed by atoms with E-state index in [2.05, 4.69) is 5.16 Å². The van der Waals surface area contributed by atoms with Gasteiger partial charge in [-0.15, -0.1) is 0 Å². The largest absolute Gasteiger partial charge is 0.392 e. The summed E-state index contributed by atoms with van der Waals surface area (Å²) in [7, 11) is 0. The van der Waals surface area contributed by atoms with Crippen LogP contribution < -0.4 is 0 Å². The van der Waals surface area contributed by atoms with Crippen molar-refractivity contribution < 1.29 is 9.63 Å². The summed E-state index contributed by atoms with van der Waals surface area (Å²) in [4.78, 5) is 0. The van der Waals surface area contributed by atoms with Crippen LogP contribution in [0.25, 0.3) is 6.08 Å². The molecule has 0 radical (unpaired) electrons. The van der Waals surface area contributed by atoms with Gasteiger partial charge in [-0.25, -0.2) is 0 Å². The van der Waals surface area contributed by atoms with Crippen LogP contribution in [0.15, 0.2) is 10.6 Å². The Bertz CT molecular complexity index is 244. The molecule has 3 heteroatoms. The average Bonchev–Trinajstić information content (AvgIpc) is 2.29. The minimum atomic E-state index is 0.0457. The van der Waals surface area contributed by atoms with Crippen molar-refractivity contribution in [1.29, 1.82) is 0 Å². The molecule has 0 amide bonds. The third-order valence-electron chi connectivity index (χ3n) is 1.48. The van der Waals surface area contributed by atoms with Gasteiger partial charge in [0.25, 0.3) is 0 Å². The van der Waals surface area contributed by atoms with Crippen LogP contribution in [0.5, 0.6) is 0 Å². The standard InChI is InChI=1S/C8H11NO2/c1-6-8(4-3-5-10)7(2)11-9-6/h3-4,10H,5H2,1-2H3/b4-3+. The molecule has 60 valence electrons. The molecule has 0 fully saturated rings. The highest BCUT2D eigenvalue weighted by Crippen LogP contribution is 2.13. The number of aliphatic hydroxyl groups is 1. The molecule has 0 saturated carbocycles. The van der Waals surface area contributed by atoms with Gasteiger partial charge in [-0.1, -0.05) is 17.3 Å². The highest BCUT2D eigenvalue weighted by atomic mass is 16.5. The maximum atomic E-state index is 8.51. The predicted molar refractivity (Wildman–Crippen MR) is 42.1 cm³/mol. The van der Waals surface area contributed by atoms with Crippen LogP contribution in [-0.2, 0) is 0 Å². The van der Waals surface area contributed by atoms with E-state index in [1.165, 1.54) is 0 Å². The maximum absolute atomic E-state index is 8.51. The average molecular weight is 153 g/mol. The molecule has 1 rings (SSSR count). The number of hydrogen-bond donors (Lipinski definition) is 1. The second-order valence-corrected chi connectivity index (χ2v) is 2.32. The molecule has 3 nitrogen and oxygen atoms in total. The topological polar surface area (TPSA) is 46.3 Å². The molecule has 1 aromatic heterocycles. The fourth-order valence-electron chi connectivity index (χ4n) is 0.899. The molecule has 1 N–H and O–H groups in total. The zero-order valence-corrected chi connectivity index (χ0v) is 6.66. The predicted octanol–water partition coefficient (Wildman–Crippen LogP) is 1.30. The lowest BCUT2D eigenvalue weighted by atomic mass is 10.2. The van der Waals surface area contributed by atoms with Crippen LogP contribution in [0.1, 0.15) is 17.0 Å². The number of aromatic nitrogens is 1. The van der Waals surface area contributed by atoms with E-state index in [0.717, 1.165) is 17.0 Å². The Kier molecular flexibility index (Phi) is 2.44. The zero-order valence-electron chi connectivity index (χ0n) is 6.66. The zero-order chi connectivity index (χ0) is 8.27. The molecule has 0 atom stereocenters. The molecule has 1 heterocycles. The molecule has 0 aliphatic rings. The Balaban J connectivity index is 2.92. The monoisotopic (exact) mass is 153 g/mol. The van der Waals surface area contributed by atoms with E-state index in [4.69, 9.17) is 9.63 Å². The molecule has 0 aromatic carbocycles. The molecule has 0 saturated heterocycles. The van der Waals surface area contributed by atoms with Crippen molar-refractivity contribution in [1.82, 2.24) is 5.16 Å². The van der Waals surface area contributed by atoms with Crippen molar-refractivity contribution in [2.45, 2.75) is 13.8 Å². The van der Waals surface area contributed by atoms with Gasteiger partial charge in [0.1, 0.15) is 5.76 Å². The molecule has 1 aromatic rings. The number of nitrogens with zero attached hydrogens (tertiary/aromatic N) is 1. The van der Waals surface area contributed by atoms with E-state index in [1.807, 2.05) is 13.8 Å². The molecular formula is C8H11NO2. The minimum absolute atomic E-state index is 0.0457. The number of aryl methyl sites for hydroxylation is 2. The van der Waals surface area contributed by atoms with Crippen LogP contribution in [0.4, 0.5) is 0 Å². The first kappa shape index (κ1) is 8.01. The van der Waals surface area contributed by atoms with E-state index in [0.29, 0.717) is 0 Å². The van der Waals surface area contributed by atoms with Crippen LogP contribution in [-0.4, -0.2) is 16.9 Å². The summed E-state index contributed by atoms with van der Waals surface area (Å²) in [5.74, 6) is 0.784. The highest BCUT2D eigenvalue weighted by molar-refractivity contribution is 5.53. The third kappa shape index (κ3) is 1.68. The van der Waals surface area contributed by atoms with Crippen LogP contribution in [0.3, 0.4) is 0 Å². The van der Waals surface area contributed by atoms with Gasteiger partial charge in [-0.05, 0) is 13.8 Å². The van der Waals surface area contributed by atoms with E-state index in [9.17, 15) is 0 Å². The Labute approximate surface area is 65.3 Å². The fourth-order valence-corrected chi connectivity index (χ4v) is 0.899. The lowest BCUT2D eigenvalue weighted by molar-refractivity contribution is 0.343. The molecule has 0 aliphatic heterocycles. The maximum Gasteiger partial charge on any atom is 0.141 e. The summed E-state index contributed by atoms with van der Waals surface area (Å²) in [5.41, 5.74) is 1.81. The Hall–Kier alpha value is -1.09. The van der Waals surface area contributed by atoms with Gasteiger partial charge >= 0.3 is 0 Å². The highest BCUT2D eigenvalue weighted by Gasteiger charge is 2.03. The Morgan fingerprint density at radius 3 is 2.73 bits per heavy atom. The Morgan fingerprint density at radius 2 is 2.27 bits per heavy atom. The van der Waals surface area contributed by atoms with Gasteiger partial charge in [0.15, 0.2) is 0 Å². The molecular weight excluding hydrogens is 142 g/mol. The van der Waals surface area contributed by atoms with Crippen molar-refractivity contribution in [2.75, 3.05) is 6.61 Å². The van der Waals surface area contributed by atoms with Gasteiger partial charge in [-0.2, -0.15) is 0 Å². The molecule has 11 heavy (non-hydrogen) atoms. The Morgan fingerprint density at radius 1 is 1.55 bits per heavy atom. The summed E-state index contributed by atoms with van der Waals surface area (Å²) < 4.78 is 4.91. The summed E-state index contributed by atoms with van der Waals surface area (Å²) in [6.07, 6.45) is 3.47. The first-order valence-electron chi connectivity index (χ1n) is 3.46. The lowest BCUT2D eigenvalue weighted by Crippen LogP contribution is -1.78. The van der Waals surface area contributed by atoms with E-state index >= 15 is 0 Å². The normalized spacial score (nSPS) is 11.2. The van der Waals surface area contributed by atoms with Crippen molar-refractivity contribution in [3.8, 4) is 0 Å². The summed E-state index contributed by atoms with van der Waals surface area (Å²) >= 11 is 0. The molecule has 0 unspecified atom stereocenters. The summed E-state index contributed by atoms with van der Waals surface area (Å²) in [5, 5.41) is 12.3. The SMILES string of the molecule is Cc1noc(C)c1/C=C/CO. The lowest BCUT2D eigenvalue weighted by Gasteiger charge is -1.86. The van der Waals surface area contributed by atoms with Crippen LogP contribution >= 0.6 is 0 Å².